The molecule has 0 atom stereocenters. The van der Waals surface area contributed by atoms with E-state index >= 15 is 0 Å². The van der Waals surface area contributed by atoms with Gasteiger partial charge in [0.25, 0.3) is 0 Å². The van der Waals surface area contributed by atoms with Gasteiger partial charge in [-0.25, -0.2) is 0 Å². The van der Waals surface area contributed by atoms with Crippen LogP contribution in [0.25, 0.3) is 0 Å². The number of benzene rings is 1. The van der Waals surface area contributed by atoms with Gasteiger partial charge in [-0.15, -0.1) is 0 Å². The molecule has 0 amide bonds. The Labute approximate surface area is 145 Å². The molecule has 0 saturated heterocycles. The topological polar surface area (TPSA) is 26.0 Å². The third kappa shape index (κ3) is 13.3. The van der Waals surface area contributed by atoms with Gasteiger partial charge in [0.1, 0.15) is 0 Å². The van der Waals surface area contributed by atoms with Crippen molar-refractivity contribution in [1.29, 1.82) is 0 Å². The first kappa shape index (κ1) is 20.2. The Balaban J connectivity index is 1.72. The molecule has 0 fully saturated rings. The van der Waals surface area contributed by atoms with Crippen molar-refractivity contribution in [2.24, 2.45) is 5.73 Å². The molecule has 130 valence electrons. The smallest absolute Gasteiger partial charge is 0.0192 e. The number of hydrogen-bond donors (Lipinski definition) is 1. The first-order chi connectivity index (χ1) is 11.4. The minimum absolute atomic E-state index is 1.09. The normalized spacial score (nSPS) is 11.0. The monoisotopic (exact) mass is 315 g/mol. The van der Waals surface area contributed by atoms with Crippen molar-refractivity contribution in [2.45, 2.75) is 89.9 Å². The molecule has 2 N–H and O–H groups in total. The van der Waals surface area contributed by atoms with Crippen LogP contribution in [0, 0.1) is 13.0 Å². The van der Waals surface area contributed by atoms with E-state index in [1.807, 2.05) is 0 Å². The Morgan fingerprint density at radius 1 is 0.565 bits per heavy atom. The average Bonchev–Trinajstić information content (AvgIpc) is 2.59. The highest BCUT2D eigenvalue weighted by molar-refractivity contribution is 5.21. The van der Waals surface area contributed by atoms with Crippen molar-refractivity contribution in [2.75, 3.05) is 0 Å². The molecule has 2 radical (unpaired) electrons. The Bertz CT molecular complexity index is 333. The highest BCUT2D eigenvalue weighted by atomic mass is 14.5. The molecule has 0 bridgehead atoms. The maximum absolute atomic E-state index is 5.38. The van der Waals surface area contributed by atoms with Crippen molar-refractivity contribution >= 4 is 0 Å². The van der Waals surface area contributed by atoms with E-state index in [1.165, 1.54) is 89.0 Å². The van der Waals surface area contributed by atoms with E-state index in [9.17, 15) is 0 Å². The Kier molecular flexibility index (Phi) is 14.1. The number of nitrogens with two attached hydrogens (primary N) is 1. The second kappa shape index (κ2) is 16.1. The minimum atomic E-state index is 1.09. The summed E-state index contributed by atoms with van der Waals surface area (Å²) in [6.45, 7) is 1.79. The fourth-order valence-corrected chi connectivity index (χ4v) is 3.03. The lowest BCUT2D eigenvalue weighted by molar-refractivity contribution is 0.540. The molecule has 0 heterocycles. The van der Waals surface area contributed by atoms with Crippen LogP contribution in [0.2, 0.25) is 0 Å². The fourth-order valence-electron chi connectivity index (χ4n) is 3.03. The first-order valence-corrected chi connectivity index (χ1v) is 9.85. The number of unbranched alkanes of at least 4 members (excludes halogenated alkanes) is 13. The molecule has 1 aromatic rings. The van der Waals surface area contributed by atoms with Crippen LogP contribution in [-0.4, -0.2) is 0 Å². The molecular formula is C22H37N. The van der Waals surface area contributed by atoms with E-state index in [2.05, 4.69) is 36.8 Å². The van der Waals surface area contributed by atoms with Gasteiger partial charge in [-0.2, -0.15) is 0 Å². The van der Waals surface area contributed by atoms with Gasteiger partial charge in [0.15, 0.2) is 0 Å². The summed E-state index contributed by atoms with van der Waals surface area (Å²) in [4.78, 5) is 0. The molecule has 0 aliphatic rings. The van der Waals surface area contributed by atoms with Crippen LogP contribution in [0.3, 0.4) is 0 Å². The summed E-state index contributed by atoms with van der Waals surface area (Å²) in [6, 6.07) is 10.7. The molecule has 0 aliphatic heterocycles. The molecule has 1 rings (SSSR count). The standard InChI is InChI=1S/C22H37N/c23-21-17-12-10-8-6-4-2-1-3-5-7-9-11-14-18-22-19-15-13-16-20-22/h13,15-16,18-21H,1-12,14,17,23H2. The average molecular weight is 316 g/mol. The minimum Gasteiger partial charge on any atom is -0.326 e. The Morgan fingerprint density at radius 3 is 1.48 bits per heavy atom. The lowest BCUT2D eigenvalue weighted by Crippen LogP contribution is -1.89. The fraction of sp³-hybridized carbons (Fsp3) is 0.636. The van der Waals surface area contributed by atoms with Gasteiger partial charge in [-0.3, -0.25) is 0 Å². The van der Waals surface area contributed by atoms with Gasteiger partial charge in [0.05, 0.1) is 0 Å². The van der Waals surface area contributed by atoms with Crippen LogP contribution in [-0.2, 0) is 0 Å². The van der Waals surface area contributed by atoms with Crippen molar-refractivity contribution in [3.8, 4) is 0 Å². The summed E-state index contributed by atoms with van der Waals surface area (Å²) in [5, 5.41) is 0. The van der Waals surface area contributed by atoms with Gasteiger partial charge in [0, 0.05) is 6.54 Å². The molecule has 1 nitrogen and oxygen atoms in total. The SMILES string of the molecule is N[CH]CCCCCCCCCCCCCC[CH]c1ccccc1. The highest BCUT2D eigenvalue weighted by Crippen LogP contribution is 2.14. The van der Waals surface area contributed by atoms with Crippen molar-refractivity contribution < 1.29 is 0 Å². The molecule has 0 spiro atoms. The molecular weight excluding hydrogens is 278 g/mol. The van der Waals surface area contributed by atoms with E-state index in [0.29, 0.717) is 0 Å². The van der Waals surface area contributed by atoms with Crippen LogP contribution < -0.4 is 5.73 Å². The second-order valence-corrected chi connectivity index (χ2v) is 6.67. The maximum Gasteiger partial charge on any atom is 0.0192 e. The maximum atomic E-state index is 5.38. The van der Waals surface area contributed by atoms with E-state index < -0.39 is 0 Å². The Hall–Kier alpha value is -0.820. The molecule has 0 aromatic heterocycles. The van der Waals surface area contributed by atoms with Crippen molar-refractivity contribution in [3.63, 3.8) is 0 Å². The van der Waals surface area contributed by atoms with Crippen LogP contribution in [0.15, 0.2) is 30.3 Å². The molecule has 1 heteroatoms. The molecule has 0 aliphatic carbocycles. The summed E-state index contributed by atoms with van der Waals surface area (Å²) in [5.41, 5.74) is 6.74. The quantitative estimate of drug-likeness (QED) is 0.333. The van der Waals surface area contributed by atoms with Gasteiger partial charge in [-0.1, -0.05) is 107 Å². The third-order valence-electron chi connectivity index (χ3n) is 4.50. The van der Waals surface area contributed by atoms with Crippen molar-refractivity contribution in [3.05, 3.63) is 48.9 Å². The molecule has 0 unspecified atom stereocenters. The number of rotatable bonds is 16. The summed E-state index contributed by atoms with van der Waals surface area (Å²) in [7, 11) is 0. The van der Waals surface area contributed by atoms with E-state index in [1.54, 1.807) is 6.54 Å². The zero-order valence-corrected chi connectivity index (χ0v) is 15.0. The van der Waals surface area contributed by atoms with E-state index in [0.717, 1.165) is 6.42 Å². The zero-order valence-electron chi connectivity index (χ0n) is 15.0. The predicted octanol–water partition coefficient (Wildman–Crippen LogP) is 6.82. The van der Waals surface area contributed by atoms with E-state index in [4.69, 9.17) is 5.73 Å². The molecule has 0 saturated carbocycles. The van der Waals surface area contributed by atoms with Gasteiger partial charge < -0.3 is 5.73 Å². The summed E-state index contributed by atoms with van der Waals surface area (Å²) >= 11 is 0. The zero-order chi connectivity index (χ0) is 16.4. The second-order valence-electron chi connectivity index (χ2n) is 6.67. The summed E-state index contributed by atoms with van der Waals surface area (Å²) < 4.78 is 0. The van der Waals surface area contributed by atoms with Crippen LogP contribution >= 0.6 is 0 Å². The lowest BCUT2D eigenvalue weighted by Gasteiger charge is -2.03. The summed E-state index contributed by atoms with van der Waals surface area (Å²) in [5.74, 6) is 0. The molecule has 23 heavy (non-hydrogen) atoms. The lowest BCUT2D eigenvalue weighted by atomic mass is 10.0. The van der Waals surface area contributed by atoms with Gasteiger partial charge in [0.2, 0.25) is 0 Å². The largest absolute Gasteiger partial charge is 0.326 e. The summed E-state index contributed by atoms with van der Waals surface area (Å²) in [6.07, 6.45) is 21.4. The van der Waals surface area contributed by atoms with Crippen LogP contribution in [0.5, 0.6) is 0 Å². The highest BCUT2D eigenvalue weighted by Gasteiger charge is 1.95. The Morgan fingerprint density at radius 2 is 1.00 bits per heavy atom. The van der Waals surface area contributed by atoms with Gasteiger partial charge >= 0.3 is 0 Å². The van der Waals surface area contributed by atoms with Crippen molar-refractivity contribution in [1.82, 2.24) is 0 Å². The predicted molar refractivity (Wildman–Crippen MR) is 103 cm³/mol. The molecule has 1 aromatic carbocycles. The number of hydrogen-bond acceptors (Lipinski definition) is 1. The van der Waals surface area contributed by atoms with Crippen LogP contribution in [0.4, 0.5) is 0 Å². The first-order valence-electron chi connectivity index (χ1n) is 9.85. The van der Waals surface area contributed by atoms with Gasteiger partial charge in [-0.05, 0) is 24.8 Å². The van der Waals surface area contributed by atoms with E-state index in [-0.39, 0.29) is 0 Å². The third-order valence-corrected chi connectivity index (χ3v) is 4.50. The van der Waals surface area contributed by atoms with Crippen LogP contribution in [0.1, 0.15) is 95.5 Å².